The molecule has 0 spiro atoms. The molecule has 1 aromatic rings. The molecule has 0 bridgehead atoms. The molecule has 2 unspecified atom stereocenters. The van der Waals surface area contributed by atoms with Crippen molar-refractivity contribution < 1.29 is 4.74 Å². The second-order valence-corrected chi connectivity index (χ2v) is 5.80. The minimum Gasteiger partial charge on any atom is -0.384 e. The van der Waals surface area contributed by atoms with E-state index < -0.39 is 0 Å². The maximum Gasteiger partial charge on any atom is 0.193 e. The highest BCUT2D eigenvalue weighted by Gasteiger charge is 2.24. The summed E-state index contributed by atoms with van der Waals surface area (Å²) < 4.78 is 5.26. The van der Waals surface area contributed by atoms with E-state index in [0.29, 0.717) is 11.8 Å². The third kappa shape index (κ3) is 4.46. The predicted octanol–water partition coefficient (Wildman–Crippen LogP) is 2.33. The van der Waals surface area contributed by atoms with E-state index in [4.69, 9.17) is 4.74 Å². The van der Waals surface area contributed by atoms with Gasteiger partial charge in [0.2, 0.25) is 0 Å². The topological polar surface area (TPSA) is 36.9 Å². The van der Waals surface area contributed by atoms with Crippen LogP contribution in [0.4, 0.5) is 0 Å². The van der Waals surface area contributed by atoms with E-state index in [1.807, 2.05) is 7.05 Å². The molecule has 0 aliphatic carbocycles. The van der Waals surface area contributed by atoms with Gasteiger partial charge >= 0.3 is 0 Å². The summed E-state index contributed by atoms with van der Waals surface area (Å²) in [5.74, 6) is 2.11. The highest BCUT2D eigenvalue weighted by atomic mass is 16.5. The van der Waals surface area contributed by atoms with Crippen LogP contribution in [0.5, 0.6) is 0 Å². The molecule has 4 heteroatoms. The zero-order valence-electron chi connectivity index (χ0n) is 13.4. The summed E-state index contributed by atoms with van der Waals surface area (Å²) >= 11 is 0. The Morgan fingerprint density at radius 1 is 1.43 bits per heavy atom. The largest absolute Gasteiger partial charge is 0.384 e. The van der Waals surface area contributed by atoms with Gasteiger partial charge in [-0.1, -0.05) is 37.3 Å². The Bertz CT molecular complexity index is 447. The van der Waals surface area contributed by atoms with Crippen molar-refractivity contribution in [1.29, 1.82) is 0 Å². The van der Waals surface area contributed by atoms with Gasteiger partial charge in [0.15, 0.2) is 5.96 Å². The molecule has 2 rings (SSSR count). The second-order valence-electron chi connectivity index (χ2n) is 5.80. The number of nitrogens with one attached hydrogen (secondary N) is 1. The molecule has 0 amide bonds. The highest BCUT2D eigenvalue weighted by Crippen LogP contribution is 2.17. The van der Waals surface area contributed by atoms with Crippen molar-refractivity contribution in [2.24, 2.45) is 10.9 Å². The number of methoxy groups -OCH3 is 1. The van der Waals surface area contributed by atoms with Crippen LogP contribution in [-0.4, -0.2) is 51.3 Å². The van der Waals surface area contributed by atoms with Gasteiger partial charge in [-0.25, -0.2) is 0 Å². The lowest BCUT2D eigenvalue weighted by atomic mass is 10.0. The smallest absolute Gasteiger partial charge is 0.193 e. The summed E-state index contributed by atoms with van der Waals surface area (Å²) in [5.41, 5.74) is 1.36. The predicted molar refractivity (Wildman–Crippen MR) is 87.8 cm³/mol. The molecule has 1 fully saturated rings. The van der Waals surface area contributed by atoms with Crippen molar-refractivity contribution in [3.63, 3.8) is 0 Å². The minimum atomic E-state index is 0.473. The normalized spacial score (nSPS) is 20.6. The van der Waals surface area contributed by atoms with E-state index >= 15 is 0 Å². The molecule has 0 radical (unpaired) electrons. The number of aliphatic imine (C=N–C) groups is 1. The van der Waals surface area contributed by atoms with E-state index in [2.05, 4.69) is 52.5 Å². The summed E-state index contributed by atoms with van der Waals surface area (Å²) in [6, 6.07) is 10.6. The molecule has 1 aliphatic rings. The van der Waals surface area contributed by atoms with Gasteiger partial charge in [0.05, 0.1) is 6.61 Å². The Kier molecular flexibility index (Phi) is 6.05. The van der Waals surface area contributed by atoms with Gasteiger partial charge in [-0.3, -0.25) is 4.99 Å². The number of rotatable bonds is 5. The number of likely N-dealkylation sites (tertiary alicyclic amines) is 1. The van der Waals surface area contributed by atoms with Crippen molar-refractivity contribution in [3.05, 3.63) is 35.9 Å². The molecular formula is C17H27N3O. The van der Waals surface area contributed by atoms with Crippen LogP contribution < -0.4 is 5.32 Å². The van der Waals surface area contributed by atoms with E-state index in [-0.39, 0.29) is 0 Å². The van der Waals surface area contributed by atoms with Crippen molar-refractivity contribution in [1.82, 2.24) is 10.2 Å². The Balaban J connectivity index is 1.84. The maximum atomic E-state index is 5.26. The Morgan fingerprint density at radius 2 is 2.19 bits per heavy atom. The van der Waals surface area contributed by atoms with Crippen molar-refractivity contribution in [3.8, 4) is 0 Å². The second kappa shape index (κ2) is 8.03. The molecule has 1 N–H and O–H groups in total. The molecule has 4 nitrogen and oxygen atoms in total. The van der Waals surface area contributed by atoms with E-state index in [9.17, 15) is 0 Å². The van der Waals surface area contributed by atoms with Gasteiger partial charge in [-0.05, 0) is 17.9 Å². The third-order valence-corrected chi connectivity index (χ3v) is 4.13. The molecule has 2 atom stereocenters. The van der Waals surface area contributed by atoms with Gasteiger partial charge in [-0.15, -0.1) is 0 Å². The first-order valence-corrected chi connectivity index (χ1v) is 7.74. The van der Waals surface area contributed by atoms with Gasteiger partial charge < -0.3 is 15.0 Å². The Morgan fingerprint density at radius 3 is 2.86 bits per heavy atom. The number of guanidine groups is 1. The molecule has 1 aliphatic heterocycles. The van der Waals surface area contributed by atoms with E-state index in [1.54, 1.807) is 7.11 Å². The molecule has 116 valence electrons. The molecule has 1 aromatic carbocycles. The van der Waals surface area contributed by atoms with Crippen LogP contribution in [-0.2, 0) is 4.74 Å². The summed E-state index contributed by atoms with van der Waals surface area (Å²) in [6.07, 6.45) is 1.18. The molecule has 1 heterocycles. The first-order valence-electron chi connectivity index (χ1n) is 7.74. The Hall–Kier alpha value is -1.55. The van der Waals surface area contributed by atoms with Crippen LogP contribution in [0.15, 0.2) is 35.3 Å². The summed E-state index contributed by atoms with van der Waals surface area (Å²) in [7, 11) is 3.64. The van der Waals surface area contributed by atoms with E-state index in [1.165, 1.54) is 12.0 Å². The van der Waals surface area contributed by atoms with E-state index in [0.717, 1.165) is 32.2 Å². The molecule has 0 saturated carbocycles. The lowest BCUT2D eigenvalue weighted by molar-refractivity contribution is 0.157. The van der Waals surface area contributed by atoms with Gasteiger partial charge in [0, 0.05) is 39.7 Å². The summed E-state index contributed by atoms with van der Waals surface area (Å²) in [4.78, 5) is 6.76. The fourth-order valence-corrected chi connectivity index (χ4v) is 2.87. The summed E-state index contributed by atoms with van der Waals surface area (Å²) in [6.45, 7) is 6.09. The van der Waals surface area contributed by atoms with Crippen LogP contribution in [0.2, 0.25) is 0 Å². The van der Waals surface area contributed by atoms with Crippen LogP contribution in [0.3, 0.4) is 0 Å². The van der Waals surface area contributed by atoms with Crippen molar-refractivity contribution in [2.45, 2.75) is 19.3 Å². The fraction of sp³-hybridized carbons (Fsp3) is 0.588. The quantitative estimate of drug-likeness (QED) is 0.668. The van der Waals surface area contributed by atoms with Gasteiger partial charge in [0.25, 0.3) is 0 Å². The van der Waals surface area contributed by atoms with Crippen LogP contribution >= 0.6 is 0 Å². The number of benzene rings is 1. The molecule has 21 heavy (non-hydrogen) atoms. The standard InChI is InChI=1S/C17H27N3O/c1-14(16-7-5-4-6-8-16)11-19-17(18-2)20-10-9-15(12-20)13-21-3/h4-8,14-15H,9-13H2,1-3H3,(H,18,19). The zero-order chi connectivity index (χ0) is 15.1. The number of nitrogens with zero attached hydrogens (tertiary/aromatic N) is 2. The van der Waals surface area contributed by atoms with Crippen LogP contribution in [0, 0.1) is 5.92 Å². The van der Waals surface area contributed by atoms with Crippen LogP contribution in [0.1, 0.15) is 24.8 Å². The number of hydrogen-bond acceptors (Lipinski definition) is 2. The summed E-state index contributed by atoms with van der Waals surface area (Å²) in [5, 5.41) is 3.51. The lowest BCUT2D eigenvalue weighted by Crippen LogP contribution is -2.41. The molecule has 1 saturated heterocycles. The monoisotopic (exact) mass is 289 g/mol. The average molecular weight is 289 g/mol. The SMILES string of the molecule is CN=C(NCC(C)c1ccccc1)N1CCC(COC)C1. The zero-order valence-corrected chi connectivity index (χ0v) is 13.4. The third-order valence-electron chi connectivity index (χ3n) is 4.13. The van der Waals surface area contributed by atoms with Gasteiger partial charge in [0.1, 0.15) is 0 Å². The fourth-order valence-electron chi connectivity index (χ4n) is 2.87. The maximum absolute atomic E-state index is 5.26. The number of ether oxygens (including phenoxy) is 1. The van der Waals surface area contributed by atoms with Gasteiger partial charge in [-0.2, -0.15) is 0 Å². The number of hydrogen-bond donors (Lipinski definition) is 1. The average Bonchev–Trinajstić information content (AvgIpc) is 2.97. The molecular weight excluding hydrogens is 262 g/mol. The minimum absolute atomic E-state index is 0.473. The van der Waals surface area contributed by atoms with Crippen LogP contribution in [0.25, 0.3) is 0 Å². The lowest BCUT2D eigenvalue weighted by Gasteiger charge is -2.23. The first kappa shape index (κ1) is 15.8. The van der Waals surface area contributed by atoms with Crippen molar-refractivity contribution >= 4 is 5.96 Å². The Labute approximate surface area is 128 Å². The van der Waals surface area contributed by atoms with Crippen molar-refractivity contribution in [2.75, 3.05) is 40.4 Å². The highest BCUT2D eigenvalue weighted by molar-refractivity contribution is 5.80. The first-order chi connectivity index (χ1) is 10.2. The molecule has 0 aromatic heterocycles.